The van der Waals surface area contributed by atoms with Crippen molar-refractivity contribution in [1.82, 2.24) is 4.90 Å². The Kier molecular flexibility index (Phi) is 5.03. The fourth-order valence-electron chi connectivity index (χ4n) is 2.65. The topological polar surface area (TPSA) is 38.5 Å². The number of hydrogen-bond acceptors (Lipinski definition) is 3. The second-order valence-corrected chi connectivity index (χ2v) is 5.03. The molecule has 1 fully saturated rings. The van der Waals surface area contributed by atoms with Crippen molar-refractivity contribution in [2.45, 2.75) is 51.1 Å². The quantitative estimate of drug-likeness (QED) is 0.773. The first kappa shape index (κ1) is 12.9. The van der Waals surface area contributed by atoms with Crippen LogP contribution in [0.4, 0.5) is 0 Å². The summed E-state index contributed by atoms with van der Waals surface area (Å²) in [6, 6.07) is 0.635. The fraction of sp³-hybridized carbons (Fsp3) is 1.00. The van der Waals surface area contributed by atoms with Gasteiger partial charge in [0.2, 0.25) is 0 Å². The molecule has 0 aromatic rings. The summed E-state index contributed by atoms with van der Waals surface area (Å²) >= 11 is 0. The molecule has 2 unspecified atom stereocenters. The lowest BCUT2D eigenvalue weighted by molar-refractivity contribution is 0.00522. The summed E-state index contributed by atoms with van der Waals surface area (Å²) in [6.45, 7) is 7.10. The molecule has 1 saturated heterocycles. The first-order valence-electron chi connectivity index (χ1n) is 6.10. The predicted molar refractivity (Wildman–Crippen MR) is 64.0 cm³/mol. The van der Waals surface area contributed by atoms with Crippen LogP contribution in [0.1, 0.15) is 39.5 Å². The van der Waals surface area contributed by atoms with Crippen LogP contribution in [0.25, 0.3) is 0 Å². The molecule has 0 amide bonds. The maximum Gasteiger partial charge on any atom is 0.0656 e. The predicted octanol–water partition coefficient (Wildman–Crippen LogP) is 1.61. The summed E-state index contributed by atoms with van der Waals surface area (Å²) in [5.41, 5.74) is 5.93. The molecule has 1 heterocycles. The van der Waals surface area contributed by atoms with Crippen LogP contribution in [0.3, 0.4) is 0 Å². The van der Waals surface area contributed by atoms with Gasteiger partial charge in [0.1, 0.15) is 0 Å². The lowest BCUT2D eigenvalue weighted by Crippen LogP contribution is -2.57. The molecule has 3 nitrogen and oxygen atoms in total. The highest BCUT2D eigenvalue weighted by Gasteiger charge is 2.34. The fourth-order valence-corrected chi connectivity index (χ4v) is 2.65. The van der Waals surface area contributed by atoms with Crippen molar-refractivity contribution in [2.24, 2.45) is 5.73 Å². The van der Waals surface area contributed by atoms with Crippen LogP contribution >= 0.6 is 0 Å². The Morgan fingerprint density at radius 2 is 2.13 bits per heavy atom. The Morgan fingerprint density at radius 3 is 2.73 bits per heavy atom. The van der Waals surface area contributed by atoms with Crippen molar-refractivity contribution in [3.05, 3.63) is 0 Å². The lowest BCUT2D eigenvalue weighted by Gasteiger charge is -2.43. The van der Waals surface area contributed by atoms with Gasteiger partial charge in [-0.3, -0.25) is 4.90 Å². The Hall–Kier alpha value is -0.120. The van der Waals surface area contributed by atoms with E-state index in [1.54, 1.807) is 7.11 Å². The van der Waals surface area contributed by atoms with Crippen molar-refractivity contribution in [1.29, 1.82) is 0 Å². The average Bonchev–Trinajstić information content (AvgIpc) is 2.43. The van der Waals surface area contributed by atoms with Gasteiger partial charge in [-0.15, -0.1) is 0 Å². The van der Waals surface area contributed by atoms with Crippen molar-refractivity contribution in [3.8, 4) is 0 Å². The molecule has 15 heavy (non-hydrogen) atoms. The molecule has 0 radical (unpaired) electrons. The van der Waals surface area contributed by atoms with Crippen LogP contribution in [-0.4, -0.2) is 43.3 Å². The van der Waals surface area contributed by atoms with Gasteiger partial charge < -0.3 is 10.5 Å². The van der Waals surface area contributed by atoms with Gasteiger partial charge in [-0.1, -0.05) is 12.8 Å². The van der Waals surface area contributed by atoms with Crippen molar-refractivity contribution in [2.75, 3.05) is 26.8 Å². The van der Waals surface area contributed by atoms with E-state index in [1.165, 1.54) is 25.7 Å². The van der Waals surface area contributed by atoms with Crippen LogP contribution in [0, 0.1) is 0 Å². The number of rotatable bonds is 4. The number of nitrogens with zero attached hydrogens (tertiary/aromatic N) is 1. The summed E-state index contributed by atoms with van der Waals surface area (Å²) in [5, 5.41) is 0. The lowest BCUT2D eigenvalue weighted by atomic mass is 9.98. The second-order valence-electron chi connectivity index (χ2n) is 5.03. The molecule has 0 spiro atoms. The Balaban J connectivity index is 2.70. The zero-order valence-corrected chi connectivity index (χ0v) is 10.5. The van der Waals surface area contributed by atoms with E-state index in [0.29, 0.717) is 12.6 Å². The minimum atomic E-state index is 0.0124. The summed E-state index contributed by atoms with van der Waals surface area (Å²) in [6.07, 6.45) is 5.29. The van der Waals surface area contributed by atoms with Gasteiger partial charge >= 0.3 is 0 Å². The number of ether oxygens (including phenoxy) is 1. The Morgan fingerprint density at radius 1 is 1.40 bits per heavy atom. The third kappa shape index (κ3) is 3.16. The van der Waals surface area contributed by atoms with Crippen LogP contribution in [0.15, 0.2) is 0 Å². The van der Waals surface area contributed by atoms with Crippen LogP contribution in [0.2, 0.25) is 0 Å². The first-order chi connectivity index (χ1) is 7.14. The van der Waals surface area contributed by atoms with Crippen LogP contribution in [-0.2, 0) is 4.74 Å². The van der Waals surface area contributed by atoms with E-state index in [4.69, 9.17) is 10.5 Å². The van der Waals surface area contributed by atoms with Crippen LogP contribution in [0.5, 0.6) is 0 Å². The molecular formula is C12H26N2O. The molecule has 2 N–H and O–H groups in total. The smallest absolute Gasteiger partial charge is 0.0656 e. The highest BCUT2D eigenvalue weighted by molar-refractivity contribution is 4.91. The molecule has 0 bridgehead atoms. The largest absolute Gasteiger partial charge is 0.383 e. The third-order valence-corrected chi connectivity index (χ3v) is 3.64. The van der Waals surface area contributed by atoms with Gasteiger partial charge in [-0.05, 0) is 33.2 Å². The Labute approximate surface area is 94.0 Å². The number of nitrogens with two attached hydrogens (primary N) is 1. The molecule has 0 aromatic heterocycles. The van der Waals surface area contributed by atoms with Gasteiger partial charge in [0, 0.05) is 19.7 Å². The molecule has 0 aliphatic carbocycles. The maximum absolute atomic E-state index is 5.92. The van der Waals surface area contributed by atoms with Crippen molar-refractivity contribution >= 4 is 0 Å². The highest BCUT2D eigenvalue weighted by atomic mass is 16.5. The number of likely N-dealkylation sites (tertiary alicyclic amines) is 1. The van der Waals surface area contributed by atoms with E-state index in [9.17, 15) is 0 Å². The normalized spacial score (nSPS) is 28.4. The van der Waals surface area contributed by atoms with E-state index < -0.39 is 0 Å². The summed E-state index contributed by atoms with van der Waals surface area (Å²) in [4.78, 5) is 2.55. The highest BCUT2D eigenvalue weighted by Crippen LogP contribution is 2.24. The monoisotopic (exact) mass is 214 g/mol. The molecule has 0 saturated carbocycles. The van der Waals surface area contributed by atoms with E-state index >= 15 is 0 Å². The summed E-state index contributed by atoms with van der Waals surface area (Å²) in [5.74, 6) is 0. The average molecular weight is 214 g/mol. The van der Waals surface area contributed by atoms with Gasteiger partial charge in [0.15, 0.2) is 0 Å². The first-order valence-corrected chi connectivity index (χ1v) is 6.10. The minimum Gasteiger partial charge on any atom is -0.383 e. The SMILES string of the molecule is COCC(C)(CN)N1CCCCCC1C. The third-order valence-electron chi connectivity index (χ3n) is 3.64. The van der Waals surface area contributed by atoms with Crippen molar-refractivity contribution < 1.29 is 4.74 Å². The Bertz CT molecular complexity index is 186. The molecule has 3 heteroatoms. The second kappa shape index (κ2) is 5.83. The molecule has 1 aliphatic rings. The zero-order valence-electron chi connectivity index (χ0n) is 10.5. The molecule has 0 aromatic carbocycles. The summed E-state index contributed by atoms with van der Waals surface area (Å²) in [7, 11) is 1.76. The standard InChI is InChI=1S/C12H26N2O/c1-11-7-5-4-6-8-14(11)12(2,9-13)10-15-3/h11H,4-10,13H2,1-3H3. The molecule has 1 rings (SSSR count). The zero-order chi connectivity index (χ0) is 11.3. The van der Waals surface area contributed by atoms with Gasteiger partial charge in [0.05, 0.1) is 12.1 Å². The van der Waals surface area contributed by atoms with Gasteiger partial charge in [0.25, 0.3) is 0 Å². The van der Waals surface area contributed by atoms with Gasteiger partial charge in [-0.25, -0.2) is 0 Å². The van der Waals surface area contributed by atoms with E-state index in [-0.39, 0.29) is 5.54 Å². The van der Waals surface area contributed by atoms with Crippen molar-refractivity contribution in [3.63, 3.8) is 0 Å². The van der Waals surface area contributed by atoms with Gasteiger partial charge in [-0.2, -0.15) is 0 Å². The van der Waals surface area contributed by atoms with E-state index in [0.717, 1.165) is 13.2 Å². The van der Waals surface area contributed by atoms with E-state index in [1.807, 2.05) is 0 Å². The molecule has 2 atom stereocenters. The number of methoxy groups -OCH3 is 1. The number of hydrogen-bond donors (Lipinski definition) is 1. The maximum atomic E-state index is 5.92. The van der Waals surface area contributed by atoms with E-state index in [2.05, 4.69) is 18.7 Å². The van der Waals surface area contributed by atoms with Crippen LogP contribution < -0.4 is 5.73 Å². The summed E-state index contributed by atoms with van der Waals surface area (Å²) < 4.78 is 5.32. The minimum absolute atomic E-state index is 0.0124. The molecule has 1 aliphatic heterocycles. The molecular weight excluding hydrogens is 188 g/mol. The molecule has 90 valence electrons.